The van der Waals surface area contributed by atoms with E-state index in [2.05, 4.69) is 21.2 Å². The maximum atomic E-state index is 13.2. The van der Waals surface area contributed by atoms with Crippen molar-refractivity contribution in [1.82, 2.24) is 10.2 Å². The predicted molar refractivity (Wildman–Crippen MR) is 117 cm³/mol. The Labute approximate surface area is 186 Å². The number of nitrogens with zero attached hydrogens (tertiary/aromatic N) is 1. The summed E-state index contributed by atoms with van der Waals surface area (Å²) in [5, 5.41) is 3.17. The van der Waals surface area contributed by atoms with Crippen LogP contribution in [0.25, 0.3) is 0 Å². The summed E-state index contributed by atoms with van der Waals surface area (Å²) >= 11 is 3.45. The van der Waals surface area contributed by atoms with Crippen LogP contribution in [0.3, 0.4) is 0 Å². The van der Waals surface area contributed by atoms with Crippen molar-refractivity contribution >= 4 is 33.7 Å². The number of rotatable bonds is 1. The van der Waals surface area contributed by atoms with Gasteiger partial charge in [-0.1, -0.05) is 47.1 Å². The first kappa shape index (κ1) is 22.5. The second-order valence-corrected chi connectivity index (χ2v) is 8.87. The number of nitrogens with one attached hydrogen (secondary N) is 1. The number of carbonyl (C=O) groups excluding carboxylic acids is 3. The van der Waals surface area contributed by atoms with Crippen molar-refractivity contribution in [2.45, 2.75) is 57.5 Å². The third-order valence-corrected chi connectivity index (χ3v) is 6.23. The van der Waals surface area contributed by atoms with Crippen molar-refractivity contribution in [3.05, 3.63) is 46.5 Å². The van der Waals surface area contributed by atoms with Gasteiger partial charge >= 0.3 is 5.97 Å². The first-order valence-corrected chi connectivity index (χ1v) is 11.4. The summed E-state index contributed by atoms with van der Waals surface area (Å²) < 4.78 is 6.21. The fourth-order valence-corrected chi connectivity index (χ4v) is 4.30. The lowest BCUT2D eigenvalue weighted by atomic mass is 9.93. The van der Waals surface area contributed by atoms with E-state index in [0.717, 1.165) is 16.5 Å². The Balaban J connectivity index is 1.85. The summed E-state index contributed by atoms with van der Waals surface area (Å²) in [4.78, 5) is 39.5. The SMILES string of the molecule is C[C@H]1/C=C/CC(=O)OCCCCC(=O)N2CCC[C@H]2C(=O)N[C@H]1c1ccc(Br)cc1. The lowest BCUT2D eigenvalue weighted by Crippen LogP contribution is -2.47. The van der Waals surface area contributed by atoms with Gasteiger partial charge in [-0.25, -0.2) is 0 Å². The smallest absolute Gasteiger partial charge is 0.309 e. The van der Waals surface area contributed by atoms with Crippen molar-refractivity contribution in [1.29, 1.82) is 0 Å². The maximum absolute atomic E-state index is 13.2. The largest absolute Gasteiger partial charge is 0.465 e. The Bertz CT molecular complexity index is 793. The molecule has 1 aromatic carbocycles. The zero-order valence-corrected chi connectivity index (χ0v) is 18.9. The molecule has 2 aliphatic rings. The molecule has 6 nitrogen and oxygen atoms in total. The molecule has 3 atom stereocenters. The van der Waals surface area contributed by atoms with Gasteiger partial charge in [-0.2, -0.15) is 0 Å². The minimum absolute atomic E-state index is 0.000735. The van der Waals surface area contributed by atoms with Gasteiger partial charge < -0.3 is 15.0 Å². The number of halogens is 1. The Hall–Kier alpha value is -2.15. The lowest BCUT2D eigenvalue weighted by Gasteiger charge is -2.29. The van der Waals surface area contributed by atoms with Crippen LogP contribution >= 0.6 is 15.9 Å². The number of carbonyl (C=O) groups is 3. The normalized spacial score (nSPS) is 27.9. The molecule has 1 saturated heterocycles. The van der Waals surface area contributed by atoms with Gasteiger partial charge in [-0.15, -0.1) is 0 Å². The van der Waals surface area contributed by atoms with E-state index in [0.29, 0.717) is 38.8 Å². The van der Waals surface area contributed by atoms with E-state index in [4.69, 9.17) is 4.74 Å². The van der Waals surface area contributed by atoms with Gasteiger partial charge in [0, 0.05) is 17.4 Å². The number of amides is 2. The molecule has 1 fully saturated rings. The van der Waals surface area contributed by atoms with Gasteiger partial charge in [0.15, 0.2) is 0 Å². The molecule has 0 spiro atoms. The molecule has 1 N–H and O–H groups in total. The van der Waals surface area contributed by atoms with Crippen LogP contribution in [0.15, 0.2) is 40.9 Å². The van der Waals surface area contributed by atoms with Crippen molar-refractivity contribution < 1.29 is 19.1 Å². The van der Waals surface area contributed by atoms with Crippen LogP contribution in [0.2, 0.25) is 0 Å². The van der Waals surface area contributed by atoms with E-state index < -0.39 is 6.04 Å². The number of benzene rings is 1. The molecule has 1 aromatic rings. The molecular weight excluding hydrogens is 448 g/mol. The van der Waals surface area contributed by atoms with E-state index in [1.54, 1.807) is 4.90 Å². The van der Waals surface area contributed by atoms with Crippen molar-refractivity contribution in [2.75, 3.05) is 13.2 Å². The highest BCUT2D eigenvalue weighted by Gasteiger charge is 2.35. The standard InChI is InChI=1S/C23H29BrN2O4/c1-16-6-4-9-21(28)30-15-3-2-8-20(27)26-14-5-7-19(26)23(29)25-22(16)17-10-12-18(24)13-11-17/h4,6,10-13,16,19,22H,2-3,5,7-9,14-15H2,1H3,(H,25,29)/b6-4+/t16-,19-,22+/m0/s1. The van der Waals surface area contributed by atoms with Gasteiger partial charge in [0.1, 0.15) is 6.04 Å². The number of esters is 1. The van der Waals surface area contributed by atoms with E-state index >= 15 is 0 Å². The average Bonchev–Trinajstić information content (AvgIpc) is 3.21. The number of fused-ring (bicyclic) bond motifs is 1. The lowest BCUT2D eigenvalue weighted by molar-refractivity contribution is -0.142. The van der Waals surface area contributed by atoms with Crippen LogP contribution in [-0.4, -0.2) is 41.9 Å². The van der Waals surface area contributed by atoms with Crippen LogP contribution in [0.1, 0.15) is 57.1 Å². The minimum Gasteiger partial charge on any atom is -0.465 e. The van der Waals surface area contributed by atoms with Gasteiger partial charge in [-0.3, -0.25) is 14.4 Å². The topological polar surface area (TPSA) is 75.7 Å². The molecular formula is C23H29BrN2O4. The van der Waals surface area contributed by atoms with E-state index in [-0.39, 0.29) is 36.2 Å². The third-order valence-electron chi connectivity index (χ3n) is 5.70. The van der Waals surface area contributed by atoms with Crippen molar-refractivity contribution in [3.63, 3.8) is 0 Å². The molecule has 7 heteroatoms. The highest BCUT2D eigenvalue weighted by Crippen LogP contribution is 2.27. The van der Waals surface area contributed by atoms with Crippen molar-refractivity contribution in [3.8, 4) is 0 Å². The summed E-state index contributed by atoms with van der Waals surface area (Å²) in [5.41, 5.74) is 0.975. The zero-order chi connectivity index (χ0) is 21.5. The Morgan fingerprint density at radius 3 is 2.63 bits per heavy atom. The molecule has 0 unspecified atom stereocenters. The van der Waals surface area contributed by atoms with Gasteiger partial charge in [-0.05, 0) is 49.3 Å². The number of hydrogen-bond donors (Lipinski definition) is 1. The third kappa shape index (κ3) is 5.94. The molecule has 30 heavy (non-hydrogen) atoms. The van der Waals surface area contributed by atoms with E-state index in [1.165, 1.54) is 0 Å². The molecule has 0 aliphatic carbocycles. The highest BCUT2D eigenvalue weighted by molar-refractivity contribution is 9.10. The molecule has 0 aromatic heterocycles. The van der Waals surface area contributed by atoms with Crippen LogP contribution in [-0.2, 0) is 19.1 Å². The van der Waals surface area contributed by atoms with E-state index in [9.17, 15) is 14.4 Å². The van der Waals surface area contributed by atoms with Gasteiger partial charge in [0.05, 0.1) is 19.1 Å². The molecule has 3 rings (SSSR count). The van der Waals surface area contributed by atoms with Crippen molar-refractivity contribution in [2.24, 2.45) is 5.92 Å². The molecule has 0 radical (unpaired) electrons. The van der Waals surface area contributed by atoms with E-state index in [1.807, 2.05) is 43.3 Å². The fourth-order valence-electron chi connectivity index (χ4n) is 4.03. The van der Waals surface area contributed by atoms with Gasteiger partial charge in [0.2, 0.25) is 11.8 Å². The zero-order valence-electron chi connectivity index (χ0n) is 17.3. The summed E-state index contributed by atoms with van der Waals surface area (Å²) in [6, 6.07) is 7.16. The maximum Gasteiger partial charge on any atom is 0.309 e. The monoisotopic (exact) mass is 476 g/mol. The molecule has 0 saturated carbocycles. The summed E-state index contributed by atoms with van der Waals surface area (Å²) in [6.45, 7) is 2.95. The fraction of sp³-hybridized carbons (Fsp3) is 0.522. The number of ether oxygens (including phenoxy) is 1. The Kier molecular flexibility index (Phi) is 8.08. The summed E-state index contributed by atoms with van der Waals surface area (Å²) in [7, 11) is 0. The molecule has 162 valence electrons. The summed E-state index contributed by atoms with van der Waals surface area (Å²) in [6.07, 6.45) is 7.13. The van der Waals surface area contributed by atoms with Crippen LogP contribution in [0, 0.1) is 5.92 Å². The second kappa shape index (κ2) is 10.8. The first-order chi connectivity index (χ1) is 14.5. The number of hydrogen-bond acceptors (Lipinski definition) is 4. The van der Waals surface area contributed by atoms with Crippen LogP contribution in [0.4, 0.5) is 0 Å². The quantitative estimate of drug-likeness (QED) is 0.492. The first-order valence-electron chi connectivity index (χ1n) is 10.6. The Morgan fingerprint density at radius 1 is 1.10 bits per heavy atom. The second-order valence-electron chi connectivity index (χ2n) is 7.95. The highest BCUT2D eigenvalue weighted by atomic mass is 79.9. The van der Waals surface area contributed by atoms with Gasteiger partial charge in [0.25, 0.3) is 0 Å². The molecule has 2 amide bonds. The number of cyclic esters (lactones) is 1. The Morgan fingerprint density at radius 2 is 1.87 bits per heavy atom. The van der Waals surface area contributed by atoms with Crippen LogP contribution in [0.5, 0.6) is 0 Å². The molecule has 0 bridgehead atoms. The minimum atomic E-state index is -0.419. The molecule has 2 heterocycles. The van der Waals surface area contributed by atoms with Crippen LogP contribution < -0.4 is 5.32 Å². The summed E-state index contributed by atoms with van der Waals surface area (Å²) in [5.74, 6) is -0.429. The predicted octanol–water partition coefficient (Wildman–Crippen LogP) is 3.91. The average molecular weight is 477 g/mol. The molecule has 2 aliphatic heterocycles.